The second-order valence-corrected chi connectivity index (χ2v) is 24.5. The molecule has 0 heterocycles. The van der Waals surface area contributed by atoms with Crippen molar-refractivity contribution in [2.45, 2.75) is 399 Å². The molecular formula is C75H138O6. The number of ether oxygens (including phenoxy) is 3. The highest BCUT2D eigenvalue weighted by Crippen LogP contribution is 2.19. The van der Waals surface area contributed by atoms with Crippen molar-refractivity contribution in [2.24, 2.45) is 0 Å². The van der Waals surface area contributed by atoms with E-state index in [-0.39, 0.29) is 31.1 Å². The summed E-state index contributed by atoms with van der Waals surface area (Å²) in [6.07, 6.45) is 88.8. The Labute approximate surface area is 505 Å². The van der Waals surface area contributed by atoms with Crippen molar-refractivity contribution in [1.29, 1.82) is 0 Å². The molecule has 0 saturated heterocycles. The smallest absolute Gasteiger partial charge is 0.306 e. The van der Waals surface area contributed by atoms with E-state index in [1.807, 2.05) is 0 Å². The van der Waals surface area contributed by atoms with Crippen molar-refractivity contribution in [3.05, 3.63) is 48.6 Å². The highest BCUT2D eigenvalue weighted by atomic mass is 16.6. The van der Waals surface area contributed by atoms with Crippen molar-refractivity contribution >= 4 is 17.9 Å². The van der Waals surface area contributed by atoms with Crippen LogP contribution in [-0.2, 0) is 28.6 Å². The Bertz CT molecular complexity index is 1400. The molecule has 0 saturated carbocycles. The molecule has 0 rings (SSSR count). The Morgan fingerprint density at radius 3 is 0.753 bits per heavy atom. The lowest BCUT2D eigenvalue weighted by atomic mass is 10.0. The Morgan fingerprint density at radius 2 is 0.481 bits per heavy atom. The molecule has 474 valence electrons. The quantitative estimate of drug-likeness (QED) is 0.0261. The molecule has 0 bridgehead atoms. The number of carbonyl (C=O) groups excluding carboxylic acids is 3. The predicted octanol–water partition coefficient (Wildman–Crippen LogP) is 24.9. The number of allylic oxidation sites excluding steroid dienone is 8. The van der Waals surface area contributed by atoms with Crippen LogP contribution >= 0.6 is 0 Å². The van der Waals surface area contributed by atoms with Crippen molar-refractivity contribution < 1.29 is 28.6 Å². The summed E-state index contributed by atoms with van der Waals surface area (Å²) in [4.78, 5) is 38.3. The first-order chi connectivity index (χ1) is 40.0. The molecule has 6 heteroatoms. The van der Waals surface area contributed by atoms with Gasteiger partial charge in [0.1, 0.15) is 13.2 Å². The van der Waals surface area contributed by atoms with Gasteiger partial charge in [-0.15, -0.1) is 0 Å². The maximum absolute atomic E-state index is 12.9. The zero-order valence-electron chi connectivity index (χ0n) is 54.6. The molecule has 0 amide bonds. The Morgan fingerprint density at radius 1 is 0.259 bits per heavy atom. The van der Waals surface area contributed by atoms with Crippen LogP contribution in [0.15, 0.2) is 48.6 Å². The van der Waals surface area contributed by atoms with Gasteiger partial charge in [0.15, 0.2) is 6.10 Å². The fourth-order valence-electron chi connectivity index (χ4n) is 11.0. The summed E-state index contributed by atoms with van der Waals surface area (Å²) in [5.74, 6) is -0.838. The third kappa shape index (κ3) is 68.0. The van der Waals surface area contributed by atoms with Crippen LogP contribution in [0.3, 0.4) is 0 Å². The molecule has 0 spiro atoms. The van der Waals surface area contributed by atoms with Crippen LogP contribution in [0.1, 0.15) is 393 Å². The molecule has 0 aliphatic heterocycles. The summed E-state index contributed by atoms with van der Waals surface area (Å²) < 4.78 is 17.0. The van der Waals surface area contributed by atoms with Gasteiger partial charge in [-0.2, -0.15) is 0 Å². The van der Waals surface area contributed by atoms with E-state index in [0.29, 0.717) is 19.3 Å². The molecule has 1 atom stereocenters. The second-order valence-electron chi connectivity index (χ2n) is 24.5. The van der Waals surface area contributed by atoms with E-state index in [1.165, 1.54) is 270 Å². The minimum Gasteiger partial charge on any atom is -0.462 e. The van der Waals surface area contributed by atoms with Crippen LogP contribution in [0, 0.1) is 0 Å². The fourth-order valence-corrected chi connectivity index (χ4v) is 11.0. The first-order valence-electron chi connectivity index (χ1n) is 36.1. The Hall–Kier alpha value is -2.63. The zero-order valence-corrected chi connectivity index (χ0v) is 54.6. The average Bonchev–Trinajstić information content (AvgIpc) is 3.47. The first kappa shape index (κ1) is 78.4. The highest BCUT2D eigenvalue weighted by Gasteiger charge is 2.19. The molecule has 0 aromatic carbocycles. The minimum absolute atomic E-state index is 0.0655. The Balaban J connectivity index is 4.06. The molecule has 0 aromatic heterocycles. The van der Waals surface area contributed by atoms with Gasteiger partial charge < -0.3 is 14.2 Å². The van der Waals surface area contributed by atoms with Gasteiger partial charge in [0.2, 0.25) is 0 Å². The summed E-state index contributed by atoms with van der Waals surface area (Å²) >= 11 is 0. The highest BCUT2D eigenvalue weighted by molar-refractivity contribution is 5.71. The topological polar surface area (TPSA) is 78.9 Å². The van der Waals surface area contributed by atoms with E-state index in [0.717, 1.165) is 83.5 Å². The van der Waals surface area contributed by atoms with E-state index >= 15 is 0 Å². The molecule has 0 fully saturated rings. The monoisotopic (exact) mass is 1140 g/mol. The van der Waals surface area contributed by atoms with Crippen LogP contribution in [0.25, 0.3) is 0 Å². The normalized spacial score (nSPS) is 12.3. The van der Waals surface area contributed by atoms with E-state index in [1.54, 1.807) is 0 Å². The number of rotatable bonds is 67. The summed E-state index contributed by atoms with van der Waals surface area (Å²) in [6.45, 7) is 6.58. The lowest BCUT2D eigenvalue weighted by molar-refractivity contribution is -0.167. The fraction of sp³-hybridized carbons (Fsp3) is 0.853. The van der Waals surface area contributed by atoms with Crippen LogP contribution in [0.5, 0.6) is 0 Å². The predicted molar refractivity (Wildman–Crippen MR) is 353 cm³/mol. The number of esters is 3. The van der Waals surface area contributed by atoms with E-state index < -0.39 is 6.10 Å². The molecule has 0 radical (unpaired) electrons. The third-order valence-electron chi connectivity index (χ3n) is 16.3. The van der Waals surface area contributed by atoms with Gasteiger partial charge in [-0.25, -0.2) is 0 Å². The number of unbranched alkanes of at least 4 members (excludes halogenated alkanes) is 48. The van der Waals surface area contributed by atoms with Crippen molar-refractivity contribution in [3.63, 3.8) is 0 Å². The molecule has 0 aliphatic rings. The van der Waals surface area contributed by atoms with Crippen molar-refractivity contribution in [3.8, 4) is 0 Å². The molecule has 1 unspecified atom stereocenters. The molecule has 0 N–H and O–H groups in total. The standard InChI is InChI=1S/C75H138O6/c1-4-7-10-13-16-19-21-23-25-27-29-31-33-34-35-36-37-38-39-40-42-43-45-47-49-51-53-56-59-62-65-68-74(77)80-71-72(70-79-73(76)67-64-61-58-55-18-15-12-9-6-3)81-75(78)69-66-63-60-57-54-52-50-48-46-44-41-32-30-28-26-24-22-20-17-14-11-8-5-2/h7,10,16,19,23,25,29,31,72H,4-6,8-9,11-15,17-18,20-22,24,26-28,30,32-71H2,1-3H3/b10-7-,19-16-,25-23-,31-29-. The van der Waals surface area contributed by atoms with E-state index in [4.69, 9.17) is 14.2 Å². The maximum atomic E-state index is 12.9. The van der Waals surface area contributed by atoms with Gasteiger partial charge in [0.05, 0.1) is 0 Å². The number of hydrogen-bond donors (Lipinski definition) is 0. The van der Waals surface area contributed by atoms with Gasteiger partial charge in [-0.05, 0) is 57.8 Å². The second kappa shape index (κ2) is 69.9. The summed E-state index contributed by atoms with van der Waals surface area (Å²) in [5, 5.41) is 0. The lowest BCUT2D eigenvalue weighted by Crippen LogP contribution is -2.30. The third-order valence-corrected chi connectivity index (χ3v) is 16.3. The molecule has 6 nitrogen and oxygen atoms in total. The van der Waals surface area contributed by atoms with E-state index in [9.17, 15) is 14.4 Å². The first-order valence-corrected chi connectivity index (χ1v) is 36.1. The SMILES string of the molecule is CC/C=C\C/C=C\C/C=C\C/C=C\CCCCCCCCCCCCCCCCCCCCC(=O)OCC(COC(=O)CCCCCCCCCCC)OC(=O)CCCCCCCCCCCCCCCCCCCCCCCCC. The van der Waals surface area contributed by atoms with Gasteiger partial charge in [0, 0.05) is 19.3 Å². The molecular weight excluding hydrogens is 997 g/mol. The number of hydrogen-bond acceptors (Lipinski definition) is 6. The largest absolute Gasteiger partial charge is 0.462 e. The average molecular weight is 1140 g/mol. The van der Waals surface area contributed by atoms with Crippen molar-refractivity contribution in [1.82, 2.24) is 0 Å². The summed E-state index contributed by atoms with van der Waals surface area (Å²) in [6, 6.07) is 0. The van der Waals surface area contributed by atoms with Crippen LogP contribution in [0.2, 0.25) is 0 Å². The van der Waals surface area contributed by atoms with Crippen LogP contribution in [0.4, 0.5) is 0 Å². The van der Waals surface area contributed by atoms with E-state index in [2.05, 4.69) is 69.4 Å². The van der Waals surface area contributed by atoms with Crippen LogP contribution in [-0.4, -0.2) is 37.2 Å². The van der Waals surface area contributed by atoms with Gasteiger partial charge in [0.25, 0.3) is 0 Å². The van der Waals surface area contributed by atoms with Crippen molar-refractivity contribution in [2.75, 3.05) is 13.2 Å². The summed E-state index contributed by atoms with van der Waals surface area (Å²) in [5.41, 5.74) is 0. The van der Waals surface area contributed by atoms with Gasteiger partial charge in [-0.1, -0.05) is 365 Å². The Kier molecular flexibility index (Phi) is 67.6. The lowest BCUT2D eigenvalue weighted by Gasteiger charge is -2.18. The van der Waals surface area contributed by atoms with Crippen LogP contribution < -0.4 is 0 Å². The minimum atomic E-state index is -0.767. The molecule has 0 aromatic rings. The van der Waals surface area contributed by atoms with Gasteiger partial charge >= 0.3 is 17.9 Å². The zero-order chi connectivity index (χ0) is 58.5. The molecule has 81 heavy (non-hydrogen) atoms. The summed E-state index contributed by atoms with van der Waals surface area (Å²) in [7, 11) is 0. The number of carbonyl (C=O) groups is 3. The maximum Gasteiger partial charge on any atom is 0.306 e. The van der Waals surface area contributed by atoms with Gasteiger partial charge in [-0.3, -0.25) is 14.4 Å². The molecule has 0 aliphatic carbocycles.